The van der Waals surface area contributed by atoms with Gasteiger partial charge in [-0.15, -0.1) is 0 Å². The summed E-state index contributed by atoms with van der Waals surface area (Å²) in [6.45, 7) is 0.0199. The number of rotatable bonds is 4. The monoisotopic (exact) mass is 200 g/mol. The molecule has 0 radical (unpaired) electrons. The van der Waals surface area contributed by atoms with Gasteiger partial charge in [0.05, 0.1) is 13.7 Å². The van der Waals surface area contributed by atoms with Crippen LogP contribution in [0.25, 0.3) is 0 Å². The van der Waals surface area contributed by atoms with Gasteiger partial charge in [0, 0.05) is 12.7 Å². The number of carbonyl (C=O) groups excluding carboxylic acids is 1. The van der Waals surface area contributed by atoms with Gasteiger partial charge in [-0.2, -0.15) is 0 Å². The zero-order chi connectivity index (χ0) is 10.6. The molecule has 0 bridgehead atoms. The lowest BCUT2D eigenvalue weighted by atomic mass is 10.2. The van der Waals surface area contributed by atoms with Crippen LogP contribution in [-0.2, 0) is 22.7 Å². The molecule has 0 spiro atoms. The second kappa shape index (κ2) is 4.78. The first kappa shape index (κ1) is 10.7. The van der Waals surface area contributed by atoms with E-state index in [0.717, 1.165) is 0 Å². The van der Waals surface area contributed by atoms with E-state index in [4.69, 9.17) is 14.3 Å². The van der Waals surface area contributed by atoms with Gasteiger partial charge in [-0.3, -0.25) is 0 Å². The Morgan fingerprint density at radius 3 is 2.79 bits per heavy atom. The maximum absolute atomic E-state index is 11.1. The summed E-state index contributed by atoms with van der Waals surface area (Å²) in [6, 6.07) is 1.44. The quantitative estimate of drug-likeness (QED) is 0.724. The predicted molar refractivity (Wildman–Crippen MR) is 46.7 cm³/mol. The standard InChI is InChI=1S/C9H12O5/c1-12-5-8-6(4-10)3-7(14-8)9(11)13-2/h3,10H,4-5H2,1-2H3. The van der Waals surface area contributed by atoms with Crippen LogP contribution >= 0.6 is 0 Å². The van der Waals surface area contributed by atoms with E-state index < -0.39 is 5.97 Å². The summed E-state index contributed by atoms with van der Waals surface area (Å²) in [4.78, 5) is 11.1. The minimum absolute atomic E-state index is 0.0728. The maximum Gasteiger partial charge on any atom is 0.373 e. The van der Waals surface area contributed by atoms with Crippen molar-refractivity contribution in [1.29, 1.82) is 0 Å². The van der Waals surface area contributed by atoms with Gasteiger partial charge >= 0.3 is 5.97 Å². The average Bonchev–Trinajstić information content (AvgIpc) is 2.60. The van der Waals surface area contributed by atoms with E-state index in [-0.39, 0.29) is 19.0 Å². The van der Waals surface area contributed by atoms with Gasteiger partial charge in [-0.05, 0) is 6.07 Å². The van der Waals surface area contributed by atoms with Crippen LogP contribution in [0.5, 0.6) is 0 Å². The van der Waals surface area contributed by atoms with Crippen molar-refractivity contribution in [3.8, 4) is 0 Å². The van der Waals surface area contributed by atoms with E-state index in [2.05, 4.69) is 4.74 Å². The molecule has 1 heterocycles. The Kier molecular flexibility index (Phi) is 3.67. The number of ether oxygens (including phenoxy) is 2. The van der Waals surface area contributed by atoms with Gasteiger partial charge in [0.15, 0.2) is 0 Å². The fraction of sp³-hybridized carbons (Fsp3) is 0.444. The SMILES string of the molecule is COCc1oc(C(=O)OC)cc1CO. The third kappa shape index (κ3) is 2.12. The molecule has 0 fully saturated rings. The fourth-order valence-electron chi connectivity index (χ4n) is 1.05. The highest BCUT2D eigenvalue weighted by molar-refractivity contribution is 5.86. The molecule has 0 atom stereocenters. The smallest absolute Gasteiger partial charge is 0.373 e. The Morgan fingerprint density at radius 1 is 1.57 bits per heavy atom. The van der Waals surface area contributed by atoms with Crippen LogP contribution in [-0.4, -0.2) is 25.3 Å². The van der Waals surface area contributed by atoms with E-state index in [1.165, 1.54) is 20.3 Å². The molecule has 1 rings (SSSR count). The molecule has 1 N–H and O–H groups in total. The fourth-order valence-corrected chi connectivity index (χ4v) is 1.05. The molecule has 0 aliphatic rings. The highest BCUT2D eigenvalue weighted by atomic mass is 16.5. The van der Waals surface area contributed by atoms with Crippen LogP contribution in [0.2, 0.25) is 0 Å². The number of hydrogen-bond donors (Lipinski definition) is 1. The summed E-state index contributed by atoms with van der Waals surface area (Å²) in [6.07, 6.45) is 0. The molecule has 0 saturated carbocycles. The molecule has 0 unspecified atom stereocenters. The van der Waals surface area contributed by atoms with E-state index in [1.807, 2.05) is 0 Å². The van der Waals surface area contributed by atoms with E-state index in [9.17, 15) is 4.79 Å². The van der Waals surface area contributed by atoms with Gasteiger partial charge in [0.1, 0.15) is 12.4 Å². The van der Waals surface area contributed by atoms with Crippen molar-refractivity contribution in [3.63, 3.8) is 0 Å². The van der Waals surface area contributed by atoms with Crippen molar-refractivity contribution in [3.05, 3.63) is 23.2 Å². The van der Waals surface area contributed by atoms with Crippen molar-refractivity contribution >= 4 is 5.97 Å². The van der Waals surface area contributed by atoms with Gasteiger partial charge in [0.25, 0.3) is 0 Å². The van der Waals surface area contributed by atoms with Crippen LogP contribution in [0.15, 0.2) is 10.5 Å². The molecule has 5 heteroatoms. The van der Waals surface area contributed by atoms with Gasteiger partial charge in [-0.25, -0.2) is 4.79 Å². The third-order valence-electron chi connectivity index (χ3n) is 1.73. The molecule has 14 heavy (non-hydrogen) atoms. The van der Waals surface area contributed by atoms with Crippen molar-refractivity contribution < 1.29 is 23.8 Å². The second-order valence-corrected chi connectivity index (χ2v) is 2.64. The van der Waals surface area contributed by atoms with Crippen LogP contribution in [0.4, 0.5) is 0 Å². The Labute approximate surface area is 81.2 Å². The summed E-state index contributed by atoms with van der Waals surface area (Å²) in [5.41, 5.74) is 0.534. The molecular formula is C9H12O5. The van der Waals surface area contributed by atoms with E-state index in [0.29, 0.717) is 11.3 Å². The molecule has 5 nitrogen and oxygen atoms in total. The van der Waals surface area contributed by atoms with Crippen molar-refractivity contribution in [2.75, 3.05) is 14.2 Å². The Hall–Kier alpha value is -1.33. The molecule has 0 amide bonds. The molecule has 1 aromatic heterocycles. The third-order valence-corrected chi connectivity index (χ3v) is 1.73. The Balaban J connectivity index is 2.94. The second-order valence-electron chi connectivity index (χ2n) is 2.64. The van der Waals surface area contributed by atoms with Crippen molar-refractivity contribution in [2.24, 2.45) is 0 Å². The molecule has 0 aliphatic heterocycles. The molecule has 0 saturated heterocycles. The first-order valence-corrected chi connectivity index (χ1v) is 4.02. The summed E-state index contributed by atoms with van der Waals surface area (Å²) < 4.78 is 14.5. The Bertz CT molecular complexity index is 315. The van der Waals surface area contributed by atoms with Gasteiger partial charge < -0.3 is 19.0 Å². The van der Waals surface area contributed by atoms with Crippen LogP contribution in [0.1, 0.15) is 21.9 Å². The minimum atomic E-state index is -0.568. The predicted octanol–water partition coefficient (Wildman–Crippen LogP) is 0.705. The summed E-state index contributed by atoms with van der Waals surface area (Å²) in [7, 11) is 2.76. The Morgan fingerprint density at radius 2 is 2.29 bits per heavy atom. The molecule has 0 aromatic carbocycles. The summed E-state index contributed by atoms with van der Waals surface area (Å²) >= 11 is 0. The van der Waals surface area contributed by atoms with Crippen LogP contribution < -0.4 is 0 Å². The molecule has 1 aromatic rings. The van der Waals surface area contributed by atoms with Crippen molar-refractivity contribution in [2.45, 2.75) is 13.2 Å². The summed E-state index contributed by atoms with van der Waals surface area (Å²) in [5.74, 6) is -0.0546. The molecular weight excluding hydrogens is 188 g/mol. The number of methoxy groups -OCH3 is 2. The topological polar surface area (TPSA) is 68.9 Å². The number of furan rings is 1. The number of hydrogen-bond acceptors (Lipinski definition) is 5. The maximum atomic E-state index is 11.1. The summed E-state index contributed by atoms with van der Waals surface area (Å²) in [5, 5.41) is 8.95. The average molecular weight is 200 g/mol. The van der Waals surface area contributed by atoms with Gasteiger partial charge in [-0.1, -0.05) is 0 Å². The number of aliphatic hydroxyl groups is 1. The number of aliphatic hydroxyl groups excluding tert-OH is 1. The van der Waals surface area contributed by atoms with Crippen LogP contribution in [0, 0.1) is 0 Å². The van der Waals surface area contributed by atoms with Crippen molar-refractivity contribution in [1.82, 2.24) is 0 Å². The van der Waals surface area contributed by atoms with E-state index in [1.54, 1.807) is 0 Å². The highest BCUT2D eigenvalue weighted by Crippen LogP contribution is 2.17. The first-order chi connectivity index (χ1) is 6.72. The van der Waals surface area contributed by atoms with Gasteiger partial charge in [0.2, 0.25) is 5.76 Å². The van der Waals surface area contributed by atoms with E-state index >= 15 is 0 Å². The number of carbonyl (C=O) groups is 1. The largest absolute Gasteiger partial charge is 0.463 e. The molecule has 78 valence electrons. The van der Waals surface area contributed by atoms with Crippen LogP contribution in [0.3, 0.4) is 0 Å². The lowest BCUT2D eigenvalue weighted by Gasteiger charge is -1.96. The highest BCUT2D eigenvalue weighted by Gasteiger charge is 2.16. The molecule has 0 aliphatic carbocycles. The zero-order valence-electron chi connectivity index (χ0n) is 8.07. The lowest BCUT2D eigenvalue weighted by Crippen LogP contribution is -1.98. The zero-order valence-corrected chi connectivity index (χ0v) is 8.07. The minimum Gasteiger partial charge on any atom is -0.463 e. The normalized spacial score (nSPS) is 10.2. The first-order valence-electron chi connectivity index (χ1n) is 4.02. The number of esters is 1. The lowest BCUT2D eigenvalue weighted by molar-refractivity contribution is 0.0558.